The van der Waals surface area contributed by atoms with Crippen molar-refractivity contribution in [1.29, 1.82) is 0 Å². The standard InChI is InChI=1S/C18H16N4O5S/c23-16(10-9-13-5-4-6-14(11-13)22(25)26)19-18(28)21-20-17(24)12-27-15-7-2-1-3-8-15/h1-11H,12H2,(H,20,24)(H2,19,21,23,28)/b10-9+. The summed E-state index contributed by atoms with van der Waals surface area (Å²) in [6, 6.07) is 14.6. The highest BCUT2D eigenvalue weighted by molar-refractivity contribution is 7.80. The van der Waals surface area contributed by atoms with Gasteiger partial charge in [-0.1, -0.05) is 30.3 Å². The van der Waals surface area contributed by atoms with E-state index in [0.717, 1.165) is 6.08 Å². The first-order chi connectivity index (χ1) is 13.4. The van der Waals surface area contributed by atoms with Gasteiger partial charge in [0.2, 0.25) is 5.91 Å². The van der Waals surface area contributed by atoms with Gasteiger partial charge >= 0.3 is 0 Å². The van der Waals surface area contributed by atoms with Gasteiger partial charge in [-0.05, 0) is 36.0 Å². The highest BCUT2D eigenvalue weighted by Crippen LogP contribution is 2.14. The lowest BCUT2D eigenvalue weighted by Crippen LogP contribution is -2.49. The number of amides is 2. The maximum atomic E-state index is 11.8. The molecule has 3 N–H and O–H groups in total. The van der Waals surface area contributed by atoms with Gasteiger partial charge in [0.25, 0.3) is 11.6 Å². The lowest BCUT2D eigenvalue weighted by Gasteiger charge is -2.10. The molecule has 0 bridgehead atoms. The zero-order valence-corrected chi connectivity index (χ0v) is 15.3. The first-order valence-electron chi connectivity index (χ1n) is 7.94. The highest BCUT2D eigenvalue weighted by Gasteiger charge is 2.06. The Morgan fingerprint density at radius 1 is 1.11 bits per heavy atom. The molecular formula is C18H16N4O5S. The molecule has 0 aliphatic heterocycles. The molecule has 28 heavy (non-hydrogen) atoms. The van der Waals surface area contributed by atoms with E-state index < -0.39 is 16.7 Å². The van der Waals surface area contributed by atoms with Crippen molar-refractivity contribution < 1.29 is 19.2 Å². The van der Waals surface area contributed by atoms with Crippen LogP contribution in [-0.4, -0.2) is 28.5 Å². The molecule has 2 aromatic rings. The predicted molar refractivity (Wildman–Crippen MR) is 106 cm³/mol. The molecule has 2 aromatic carbocycles. The van der Waals surface area contributed by atoms with Crippen LogP contribution in [-0.2, 0) is 9.59 Å². The number of nitro benzene ring substituents is 1. The number of hydrazine groups is 1. The smallest absolute Gasteiger partial charge is 0.276 e. The van der Waals surface area contributed by atoms with E-state index in [1.165, 1.54) is 24.3 Å². The van der Waals surface area contributed by atoms with Gasteiger partial charge in [0.05, 0.1) is 4.92 Å². The lowest BCUT2D eigenvalue weighted by molar-refractivity contribution is -0.384. The van der Waals surface area contributed by atoms with Gasteiger partial charge in [-0.3, -0.25) is 35.9 Å². The molecule has 144 valence electrons. The number of nitrogens with one attached hydrogen (secondary N) is 3. The van der Waals surface area contributed by atoms with Gasteiger partial charge in [-0.2, -0.15) is 0 Å². The summed E-state index contributed by atoms with van der Waals surface area (Å²) >= 11 is 4.89. The zero-order valence-electron chi connectivity index (χ0n) is 14.5. The normalized spacial score (nSPS) is 10.1. The van der Waals surface area contributed by atoms with Gasteiger partial charge in [-0.15, -0.1) is 0 Å². The van der Waals surface area contributed by atoms with Crippen LogP contribution in [0.15, 0.2) is 60.7 Å². The summed E-state index contributed by atoms with van der Waals surface area (Å²) in [5.41, 5.74) is 5.05. The number of benzene rings is 2. The zero-order chi connectivity index (χ0) is 20.4. The summed E-state index contributed by atoms with van der Waals surface area (Å²) in [6.07, 6.45) is 2.56. The van der Waals surface area contributed by atoms with Gasteiger partial charge < -0.3 is 4.74 Å². The number of rotatable bonds is 6. The quantitative estimate of drug-likeness (QED) is 0.292. The molecule has 0 heterocycles. The molecule has 0 fully saturated rings. The van der Waals surface area contributed by atoms with E-state index in [9.17, 15) is 19.7 Å². The number of nitrogens with zero attached hydrogens (tertiary/aromatic N) is 1. The largest absolute Gasteiger partial charge is 0.484 e. The van der Waals surface area contributed by atoms with Crippen LogP contribution in [0.3, 0.4) is 0 Å². The number of para-hydroxylation sites is 1. The molecule has 0 aliphatic carbocycles. The number of thiocarbonyl (C=S) groups is 1. The first-order valence-corrected chi connectivity index (χ1v) is 8.35. The third-order valence-corrected chi connectivity index (χ3v) is 3.38. The average Bonchev–Trinajstić information content (AvgIpc) is 2.70. The van der Waals surface area contributed by atoms with Crippen LogP contribution in [0.4, 0.5) is 5.69 Å². The van der Waals surface area contributed by atoms with Gasteiger partial charge in [0.15, 0.2) is 11.7 Å². The van der Waals surface area contributed by atoms with E-state index in [-0.39, 0.29) is 17.4 Å². The Labute approximate surface area is 165 Å². The molecule has 2 rings (SSSR count). The van der Waals surface area contributed by atoms with Crippen LogP contribution in [0.5, 0.6) is 5.75 Å². The topological polar surface area (TPSA) is 123 Å². The van der Waals surface area contributed by atoms with Crippen molar-refractivity contribution in [2.45, 2.75) is 0 Å². The fraction of sp³-hybridized carbons (Fsp3) is 0.0556. The second-order valence-corrected chi connectivity index (χ2v) is 5.69. The van der Waals surface area contributed by atoms with Crippen LogP contribution in [0.25, 0.3) is 6.08 Å². The van der Waals surface area contributed by atoms with Crippen molar-refractivity contribution in [2.75, 3.05) is 6.61 Å². The Morgan fingerprint density at radius 2 is 1.86 bits per heavy atom. The van der Waals surface area contributed by atoms with E-state index >= 15 is 0 Å². The molecule has 0 saturated carbocycles. The first kappa shape index (κ1) is 20.5. The summed E-state index contributed by atoms with van der Waals surface area (Å²) in [6.45, 7) is -0.236. The van der Waals surface area contributed by atoms with Crippen molar-refractivity contribution in [3.63, 3.8) is 0 Å². The monoisotopic (exact) mass is 400 g/mol. The summed E-state index contributed by atoms with van der Waals surface area (Å²) in [5, 5.41) is 12.9. The van der Waals surface area contributed by atoms with Crippen LogP contribution in [0, 0.1) is 10.1 Å². The average molecular weight is 400 g/mol. The maximum absolute atomic E-state index is 11.8. The lowest BCUT2D eigenvalue weighted by atomic mass is 10.2. The van der Waals surface area contributed by atoms with E-state index in [0.29, 0.717) is 11.3 Å². The minimum absolute atomic E-state index is 0.0832. The number of carbonyl (C=O) groups excluding carboxylic acids is 2. The van der Waals surface area contributed by atoms with Crippen LogP contribution < -0.4 is 20.9 Å². The SMILES string of the molecule is O=C(/C=C/c1cccc([N+](=O)[O-])c1)NC(=S)NNC(=O)COc1ccccc1. The molecule has 2 amide bonds. The minimum Gasteiger partial charge on any atom is -0.484 e. The van der Waals surface area contributed by atoms with Crippen molar-refractivity contribution in [1.82, 2.24) is 16.2 Å². The van der Waals surface area contributed by atoms with E-state index in [1.54, 1.807) is 30.3 Å². The molecular weight excluding hydrogens is 384 g/mol. The molecule has 0 aliphatic rings. The molecule has 0 saturated heterocycles. The second-order valence-electron chi connectivity index (χ2n) is 5.28. The molecule has 0 unspecified atom stereocenters. The minimum atomic E-state index is -0.571. The summed E-state index contributed by atoms with van der Waals surface area (Å²) in [4.78, 5) is 33.7. The fourth-order valence-electron chi connectivity index (χ4n) is 1.93. The van der Waals surface area contributed by atoms with Gasteiger partial charge in [0.1, 0.15) is 5.75 Å². The number of non-ortho nitro benzene ring substituents is 1. The predicted octanol–water partition coefficient (Wildman–Crippen LogP) is 1.71. The van der Waals surface area contributed by atoms with Crippen LogP contribution in [0.1, 0.15) is 5.56 Å². The van der Waals surface area contributed by atoms with Crippen LogP contribution >= 0.6 is 12.2 Å². The number of ether oxygens (including phenoxy) is 1. The Morgan fingerprint density at radius 3 is 2.57 bits per heavy atom. The van der Waals surface area contributed by atoms with E-state index in [2.05, 4.69) is 16.2 Å². The van der Waals surface area contributed by atoms with Crippen molar-refractivity contribution in [3.05, 3.63) is 76.4 Å². The van der Waals surface area contributed by atoms with Crippen molar-refractivity contribution in [3.8, 4) is 5.75 Å². The maximum Gasteiger partial charge on any atom is 0.276 e. The van der Waals surface area contributed by atoms with E-state index in [1.807, 2.05) is 6.07 Å². The van der Waals surface area contributed by atoms with Crippen molar-refractivity contribution >= 4 is 40.9 Å². The Balaban J connectivity index is 1.73. The van der Waals surface area contributed by atoms with E-state index in [4.69, 9.17) is 17.0 Å². The number of carbonyl (C=O) groups is 2. The Hall–Kier alpha value is -3.79. The van der Waals surface area contributed by atoms with Crippen LogP contribution in [0.2, 0.25) is 0 Å². The second kappa shape index (κ2) is 10.4. The third-order valence-electron chi connectivity index (χ3n) is 3.17. The highest BCUT2D eigenvalue weighted by atomic mass is 32.1. The third kappa shape index (κ3) is 7.22. The molecule has 0 aromatic heterocycles. The summed E-state index contributed by atoms with van der Waals surface area (Å²) in [7, 11) is 0. The van der Waals surface area contributed by atoms with Gasteiger partial charge in [-0.25, -0.2) is 0 Å². The van der Waals surface area contributed by atoms with Gasteiger partial charge in [0, 0.05) is 18.2 Å². The molecule has 0 atom stereocenters. The Bertz CT molecular complexity index is 902. The molecule has 0 radical (unpaired) electrons. The fourth-order valence-corrected chi connectivity index (χ4v) is 2.08. The number of nitro groups is 1. The molecule has 10 heteroatoms. The summed E-state index contributed by atoms with van der Waals surface area (Å²) in [5.74, 6) is -0.522. The molecule has 0 spiro atoms. The van der Waals surface area contributed by atoms with Crippen molar-refractivity contribution in [2.24, 2.45) is 0 Å². The molecule has 9 nitrogen and oxygen atoms in total. The number of hydrogen-bond donors (Lipinski definition) is 3. The number of hydrogen-bond acceptors (Lipinski definition) is 6. The summed E-state index contributed by atoms with van der Waals surface area (Å²) < 4.78 is 5.25. The Kier molecular flexibility index (Phi) is 7.61.